The lowest BCUT2D eigenvalue weighted by atomic mass is 10.1. The maximum absolute atomic E-state index is 12.2. The standard InChI is InChI=1S/C20H21ClN2O5/c1-12-4-6-14(7-5-12)20(26)22-11-18(24)28-13(2)19(25)23-16-10-15(21)8-9-17(16)27-3/h4-10,13H,11H2,1-3H3,(H,22,26)(H,23,25). The fourth-order valence-corrected chi connectivity index (χ4v) is 2.44. The van der Waals surface area contributed by atoms with E-state index in [1.165, 1.54) is 20.1 Å². The van der Waals surface area contributed by atoms with E-state index in [2.05, 4.69) is 10.6 Å². The van der Waals surface area contributed by atoms with Crippen molar-refractivity contribution in [2.45, 2.75) is 20.0 Å². The van der Waals surface area contributed by atoms with Gasteiger partial charge in [0, 0.05) is 10.6 Å². The molecule has 2 aromatic carbocycles. The first-order valence-electron chi connectivity index (χ1n) is 8.49. The third-order valence-corrected chi connectivity index (χ3v) is 4.04. The van der Waals surface area contributed by atoms with Crippen LogP contribution >= 0.6 is 11.6 Å². The summed E-state index contributed by atoms with van der Waals surface area (Å²) >= 11 is 5.92. The highest BCUT2D eigenvalue weighted by molar-refractivity contribution is 6.31. The number of esters is 1. The molecule has 0 heterocycles. The Morgan fingerprint density at radius 2 is 1.79 bits per heavy atom. The van der Waals surface area contributed by atoms with Crippen molar-refractivity contribution >= 4 is 35.1 Å². The van der Waals surface area contributed by atoms with E-state index in [1.54, 1.807) is 36.4 Å². The molecular formula is C20H21ClN2O5. The van der Waals surface area contributed by atoms with E-state index in [0.29, 0.717) is 22.0 Å². The van der Waals surface area contributed by atoms with Crippen LogP contribution in [-0.2, 0) is 14.3 Å². The quantitative estimate of drug-likeness (QED) is 0.692. The number of anilines is 1. The number of rotatable bonds is 7. The van der Waals surface area contributed by atoms with E-state index in [9.17, 15) is 14.4 Å². The van der Waals surface area contributed by atoms with Gasteiger partial charge in [0.1, 0.15) is 12.3 Å². The van der Waals surface area contributed by atoms with Crippen LogP contribution in [-0.4, -0.2) is 37.5 Å². The van der Waals surface area contributed by atoms with Crippen LogP contribution in [0.15, 0.2) is 42.5 Å². The zero-order chi connectivity index (χ0) is 20.7. The largest absolute Gasteiger partial charge is 0.495 e. The van der Waals surface area contributed by atoms with Crippen molar-refractivity contribution in [3.8, 4) is 5.75 Å². The van der Waals surface area contributed by atoms with Crippen molar-refractivity contribution in [3.05, 3.63) is 58.6 Å². The minimum atomic E-state index is -1.08. The Morgan fingerprint density at radius 1 is 1.11 bits per heavy atom. The summed E-state index contributed by atoms with van der Waals surface area (Å²) in [6.45, 7) is 2.97. The zero-order valence-electron chi connectivity index (χ0n) is 15.7. The van der Waals surface area contributed by atoms with Crippen LogP contribution in [0.3, 0.4) is 0 Å². The smallest absolute Gasteiger partial charge is 0.326 e. The molecule has 0 aliphatic heterocycles. The number of benzene rings is 2. The van der Waals surface area contributed by atoms with E-state index in [4.69, 9.17) is 21.1 Å². The van der Waals surface area contributed by atoms with Gasteiger partial charge in [0.25, 0.3) is 11.8 Å². The monoisotopic (exact) mass is 404 g/mol. The number of nitrogens with one attached hydrogen (secondary N) is 2. The van der Waals surface area contributed by atoms with Gasteiger partial charge in [0.05, 0.1) is 12.8 Å². The number of aryl methyl sites for hydroxylation is 1. The summed E-state index contributed by atoms with van der Waals surface area (Å²) in [5.74, 6) is -1.28. The number of hydrogen-bond acceptors (Lipinski definition) is 5. The Morgan fingerprint density at radius 3 is 2.43 bits per heavy atom. The van der Waals surface area contributed by atoms with Gasteiger partial charge in [-0.1, -0.05) is 29.3 Å². The average Bonchev–Trinajstić information content (AvgIpc) is 2.66. The fraction of sp³-hybridized carbons (Fsp3) is 0.250. The molecule has 148 valence electrons. The summed E-state index contributed by atoms with van der Waals surface area (Å²) in [6.07, 6.45) is -1.08. The Hall–Kier alpha value is -3.06. The Balaban J connectivity index is 1.86. The molecule has 0 aromatic heterocycles. The molecular weight excluding hydrogens is 384 g/mol. The van der Waals surface area contributed by atoms with Gasteiger partial charge < -0.3 is 20.1 Å². The SMILES string of the molecule is COc1ccc(Cl)cc1NC(=O)C(C)OC(=O)CNC(=O)c1ccc(C)cc1. The molecule has 2 aromatic rings. The summed E-state index contributed by atoms with van der Waals surface area (Å²) in [5, 5.41) is 5.46. The molecule has 0 aliphatic carbocycles. The van der Waals surface area contributed by atoms with E-state index in [0.717, 1.165) is 5.56 Å². The number of amides is 2. The third-order valence-electron chi connectivity index (χ3n) is 3.80. The average molecular weight is 405 g/mol. The second-order valence-electron chi connectivity index (χ2n) is 6.01. The van der Waals surface area contributed by atoms with Crippen molar-refractivity contribution in [1.82, 2.24) is 5.32 Å². The molecule has 0 saturated carbocycles. The molecule has 0 aliphatic rings. The molecule has 0 saturated heterocycles. The highest BCUT2D eigenvalue weighted by atomic mass is 35.5. The minimum absolute atomic E-state index is 0.356. The van der Waals surface area contributed by atoms with Gasteiger partial charge in [-0.3, -0.25) is 14.4 Å². The van der Waals surface area contributed by atoms with Gasteiger partial charge in [0.15, 0.2) is 6.10 Å². The van der Waals surface area contributed by atoms with Crippen molar-refractivity contribution in [3.63, 3.8) is 0 Å². The van der Waals surface area contributed by atoms with Gasteiger partial charge in [-0.05, 0) is 44.2 Å². The molecule has 2 amide bonds. The predicted molar refractivity (Wildman–Crippen MR) is 106 cm³/mol. The van der Waals surface area contributed by atoms with Crippen LogP contribution in [0.25, 0.3) is 0 Å². The van der Waals surface area contributed by atoms with Crippen molar-refractivity contribution in [1.29, 1.82) is 0 Å². The molecule has 2 N–H and O–H groups in total. The molecule has 1 unspecified atom stereocenters. The number of ether oxygens (including phenoxy) is 2. The van der Waals surface area contributed by atoms with E-state index in [-0.39, 0.29) is 6.54 Å². The zero-order valence-corrected chi connectivity index (χ0v) is 16.5. The number of hydrogen-bond donors (Lipinski definition) is 2. The van der Waals surface area contributed by atoms with Crippen LogP contribution in [0.5, 0.6) is 5.75 Å². The van der Waals surface area contributed by atoms with Gasteiger partial charge in [-0.2, -0.15) is 0 Å². The minimum Gasteiger partial charge on any atom is -0.495 e. The van der Waals surface area contributed by atoms with Gasteiger partial charge in [-0.25, -0.2) is 0 Å². The third kappa shape index (κ3) is 5.99. The first kappa shape index (κ1) is 21.2. The predicted octanol–water partition coefficient (Wildman–Crippen LogP) is 2.96. The van der Waals surface area contributed by atoms with Gasteiger partial charge in [-0.15, -0.1) is 0 Å². The molecule has 0 spiro atoms. The first-order valence-corrected chi connectivity index (χ1v) is 8.86. The van der Waals surface area contributed by atoms with Crippen LogP contribution in [0, 0.1) is 6.92 Å². The molecule has 0 fully saturated rings. The Labute approximate surface area is 168 Å². The Kier molecular flexibility index (Phi) is 7.40. The topological polar surface area (TPSA) is 93.7 Å². The van der Waals surface area contributed by atoms with E-state index < -0.39 is 23.9 Å². The molecule has 28 heavy (non-hydrogen) atoms. The van der Waals surface area contributed by atoms with Crippen molar-refractivity contribution in [2.75, 3.05) is 19.0 Å². The van der Waals surface area contributed by atoms with Crippen LogP contribution in [0.1, 0.15) is 22.8 Å². The molecule has 1 atom stereocenters. The number of carbonyl (C=O) groups excluding carboxylic acids is 3. The number of methoxy groups -OCH3 is 1. The second kappa shape index (κ2) is 9.75. The summed E-state index contributed by atoms with van der Waals surface area (Å²) < 4.78 is 10.2. The van der Waals surface area contributed by atoms with Gasteiger partial charge >= 0.3 is 5.97 Å². The van der Waals surface area contributed by atoms with Crippen molar-refractivity contribution < 1.29 is 23.9 Å². The second-order valence-corrected chi connectivity index (χ2v) is 6.45. The summed E-state index contributed by atoms with van der Waals surface area (Å²) in [5.41, 5.74) is 1.81. The van der Waals surface area contributed by atoms with E-state index in [1.807, 2.05) is 6.92 Å². The Bertz CT molecular complexity index is 867. The van der Waals surface area contributed by atoms with Crippen LogP contribution in [0.2, 0.25) is 5.02 Å². The summed E-state index contributed by atoms with van der Waals surface area (Å²) in [4.78, 5) is 36.2. The summed E-state index contributed by atoms with van der Waals surface area (Å²) in [7, 11) is 1.46. The number of halogens is 1. The van der Waals surface area contributed by atoms with Crippen molar-refractivity contribution in [2.24, 2.45) is 0 Å². The summed E-state index contributed by atoms with van der Waals surface area (Å²) in [6, 6.07) is 11.7. The lowest BCUT2D eigenvalue weighted by Gasteiger charge is -2.15. The molecule has 7 nitrogen and oxygen atoms in total. The fourth-order valence-electron chi connectivity index (χ4n) is 2.26. The molecule has 0 bridgehead atoms. The van der Waals surface area contributed by atoms with E-state index >= 15 is 0 Å². The number of carbonyl (C=O) groups is 3. The molecule has 8 heteroatoms. The highest BCUT2D eigenvalue weighted by Gasteiger charge is 2.20. The normalized spacial score (nSPS) is 11.3. The van der Waals surface area contributed by atoms with Gasteiger partial charge in [0.2, 0.25) is 0 Å². The lowest BCUT2D eigenvalue weighted by molar-refractivity contribution is -0.152. The lowest BCUT2D eigenvalue weighted by Crippen LogP contribution is -2.35. The first-order chi connectivity index (χ1) is 13.3. The maximum Gasteiger partial charge on any atom is 0.326 e. The molecule has 2 rings (SSSR count). The van der Waals surface area contributed by atoms with Crippen LogP contribution < -0.4 is 15.4 Å². The van der Waals surface area contributed by atoms with Crippen LogP contribution in [0.4, 0.5) is 5.69 Å². The maximum atomic E-state index is 12.2. The molecule has 0 radical (unpaired) electrons. The highest BCUT2D eigenvalue weighted by Crippen LogP contribution is 2.27.